The fourth-order valence-electron chi connectivity index (χ4n) is 3.70. The molecule has 0 atom stereocenters. The van der Waals surface area contributed by atoms with Gasteiger partial charge in [-0.1, -0.05) is 62.4 Å². The lowest BCUT2D eigenvalue weighted by Crippen LogP contribution is -2.40. The number of aromatic nitrogens is 4. The monoisotopic (exact) mass is 402 g/mol. The number of para-hydroxylation sites is 1. The Bertz CT molecular complexity index is 1300. The molecule has 0 radical (unpaired) electrons. The van der Waals surface area contributed by atoms with Crippen LogP contribution in [0.5, 0.6) is 0 Å². The van der Waals surface area contributed by atoms with E-state index in [0.29, 0.717) is 30.2 Å². The number of imidazole rings is 1. The Balaban J connectivity index is 1.99. The van der Waals surface area contributed by atoms with E-state index in [1.165, 1.54) is 4.57 Å². The van der Waals surface area contributed by atoms with Crippen LogP contribution in [-0.4, -0.2) is 18.7 Å². The molecule has 0 saturated carbocycles. The molecule has 0 amide bonds. The van der Waals surface area contributed by atoms with E-state index < -0.39 is 0 Å². The average Bonchev–Trinajstić information content (AvgIpc) is 3.13. The molecule has 154 valence electrons. The van der Waals surface area contributed by atoms with E-state index in [-0.39, 0.29) is 11.2 Å². The van der Waals surface area contributed by atoms with Gasteiger partial charge in [0, 0.05) is 13.1 Å². The summed E-state index contributed by atoms with van der Waals surface area (Å²) in [6.07, 6.45) is 2.40. The van der Waals surface area contributed by atoms with E-state index >= 15 is 0 Å². The number of nitrogens with zero attached hydrogens (tertiary/aromatic N) is 4. The van der Waals surface area contributed by atoms with Gasteiger partial charge in [-0.05, 0) is 36.5 Å². The molecular weight excluding hydrogens is 376 g/mol. The molecule has 0 bridgehead atoms. The van der Waals surface area contributed by atoms with E-state index in [9.17, 15) is 9.59 Å². The number of fused-ring (bicyclic) bond motifs is 1. The molecule has 0 aliphatic rings. The van der Waals surface area contributed by atoms with Crippen molar-refractivity contribution in [1.29, 1.82) is 0 Å². The van der Waals surface area contributed by atoms with Gasteiger partial charge in [-0.2, -0.15) is 0 Å². The van der Waals surface area contributed by atoms with Crippen molar-refractivity contribution in [3.63, 3.8) is 0 Å². The first-order valence-electron chi connectivity index (χ1n) is 10.3. The quantitative estimate of drug-likeness (QED) is 0.493. The maximum Gasteiger partial charge on any atom is 0.337 e. The average molecular weight is 402 g/mol. The minimum absolute atomic E-state index is 0.283. The minimum atomic E-state index is -0.340. The topological polar surface area (TPSA) is 61.8 Å². The number of rotatable bonds is 6. The fourth-order valence-corrected chi connectivity index (χ4v) is 3.70. The molecule has 0 spiro atoms. The van der Waals surface area contributed by atoms with Crippen LogP contribution in [0.25, 0.3) is 16.9 Å². The molecule has 0 aliphatic carbocycles. The molecule has 2 aromatic carbocycles. The van der Waals surface area contributed by atoms with Gasteiger partial charge in [0.1, 0.15) is 0 Å². The zero-order valence-corrected chi connectivity index (χ0v) is 17.6. The van der Waals surface area contributed by atoms with E-state index in [4.69, 9.17) is 0 Å². The molecule has 0 unspecified atom stereocenters. The molecule has 0 fully saturated rings. The highest BCUT2D eigenvalue weighted by atomic mass is 16.2. The predicted molar refractivity (Wildman–Crippen MR) is 119 cm³/mol. The standard InChI is InChI=1S/C24H26N4O2/c1-17(2)13-14-27-23(29)21-22(25-16-26(21)15-19-10-5-4-6-11-19)28(24(27)30)20-12-8-7-9-18(20)3/h4-12,16-17H,13-15H2,1-3H3. The summed E-state index contributed by atoms with van der Waals surface area (Å²) >= 11 is 0. The van der Waals surface area contributed by atoms with Crippen LogP contribution >= 0.6 is 0 Å². The van der Waals surface area contributed by atoms with Gasteiger partial charge in [0.2, 0.25) is 0 Å². The van der Waals surface area contributed by atoms with Crippen molar-refractivity contribution >= 4 is 11.2 Å². The van der Waals surface area contributed by atoms with Crippen molar-refractivity contribution in [3.8, 4) is 5.69 Å². The largest absolute Gasteiger partial charge is 0.337 e. The summed E-state index contributed by atoms with van der Waals surface area (Å²) in [5, 5.41) is 0. The molecule has 6 heteroatoms. The molecule has 2 aromatic heterocycles. The molecular formula is C24H26N4O2. The van der Waals surface area contributed by atoms with Gasteiger partial charge in [-0.25, -0.2) is 14.3 Å². The Morgan fingerprint density at radius 2 is 1.67 bits per heavy atom. The summed E-state index contributed by atoms with van der Waals surface area (Å²) in [7, 11) is 0. The van der Waals surface area contributed by atoms with Gasteiger partial charge in [-0.3, -0.25) is 9.36 Å². The zero-order valence-electron chi connectivity index (χ0n) is 17.6. The van der Waals surface area contributed by atoms with Crippen LogP contribution in [-0.2, 0) is 13.1 Å². The van der Waals surface area contributed by atoms with Gasteiger partial charge < -0.3 is 4.57 Å². The second-order valence-corrected chi connectivity index (χ2v) is 8.07. The normalized spacial score (nSPS) is 11.5. The summed E-state index contributed by atoms with van der Waals surface area (Å²) in [6.45, 7) is 7.03. The highest BCUT2D eigenvalue weighted by Gasteiger charge is 2.20. The third-order valence-electron chi connectivity index (χ3n) is 5.38. The molecule has 0 aliphatic heterocycles. The summed E-state index contributed by atoms with van der Waals surface area (Å²) in [6, 6.07) is 17.6. The second-order valence-electron chi connectivity index (χ2n) is 8.07. The third kappa shape index (κ3) is 3.61. The van der Waals surface area contributed by atoms with Gasteiger partial charge in [-0.15, -0.1) is 0 Å². The Labute approximate surface area is 175 Å². The van der Waals surface area contributed by atoms with Crippen LogP contribution in [0.3, 0.4) is 0 Å². The first-order chi connectivity index (χ1) is 14.5. The van der Waals surface area contributed by atoms with Gasteiger partial charge in [0.25, 0.3) is 5.56 Å². The maximum absolute atomic E-state index is 13.4. The Morgan fingerprint density at radius 3 is 2.37 bits per heavy atom. The smallest absolute Gasteiger partial charge is 0.320 e. The lowest BCUT2D eigenvalue weighted by atomic mass is 10.1. The SMILES string of the molecule is Cc1ccccc1-n1c(=O)n(CCC(C)C)c(=O)c2c1ncn2Cc1ccccc1. The lowest BCUT2D eigenvalue weighted by molar-refractivity contribution is 0.491. The predicted octanol–water partition coefficient (Wildman–Crippen LogP) is 3.75. The van der Waals surface area contributed by atoms with E-state index in [2.05, 4.69) is 18.8 Å². The Kier molecular flexibility index (Phi) is 5.40. The minimum Gasteiger partial charge on any atom is -0.320 e. The first kappa shape index (κ1) is 19.9. The highest BCUT2D eigenvalue weighted by molar-refractivity contribution is 5.73. The zero-order chi connectivity index (χ0) is 21.3. The van der Waals surface area contributed by atoms with Gasteiger partial charge >= 0.3 is 5.69 Å². The number of hydrogen-bond acceptors (Lipinski definition) is 3. The summed E-state index contributed by atoms with van der Waals surface area (Å²) < 4.78 is 4.78. The van der Waals surface area contributed by atoms with Crippen LogP contribution in [0, 0.1) is 12.8 Å². The molecule has 0 N–H and O–H groups in total. The second kappa shape index (κ2) is 8.14. The van der Waals surface area contributed by atoms with Crippen LogP contribution in [0.1, 0.15) is 31.4 Å². The fraction of sp³-hybridized carbons (Fsp3) is 0.292. The van der Waals surface area contributed by atoms with E-state index in [1.807, 2.05) is 66.1 Å². The van der Waals surface area contributed by atoms with Crippen LogP contribution in [0.4, 0.5) is 0 Å². The highest BCUT2D eigenvalue weighted by Crippen LogP contribution is 2.17. The molecule has 4 aromatic rings. The molecule has 0 saturated heterocycles. The number of hydrogen-bond donors (Lipinski definition) is 0. The van der Waals surface area contributed by atoms with Gasteiger partial charge in [0.05, 0.1) is 12.0 Å². The number of benzene rings is 2. The van der Waals surface area contributed by atoms with Crippen LogP contribution in [0.15, 0.2) is 70.5 Å². The van der Waals surface area contributed by atoms with Crippen molar-refractivity contribution in [2.75, 3.05) is 0 Å². The summed E-state index contributed by atoms with van der Waals surface area (Å²) in [5.41, 5.74) is 2.99. The lowest BCUT2D eigenvalue weighted by Gasteiger charge is -2.15. The molecule has 6 nitrogen and oxygen atoms in total. The molecule has 4 rings (SSSR count). The molecule has 2 heterocycles. The van der Waals surface area contributed by atoms with Gasteiger partial charge in [0.15, 0.2) is 11.2 Å². The van der Waals surface area contributed by atoms with Crippen molar-refractivity contribution in [3.05, 3.63) is 92.9 Å². The van der Waals surface area contributed by atoms with E-state index in [1.54, 1.807) is 10.9 Å². The summed E-state index contributed by atoms with van der Waals surface area (Å²) in [4.78, 5) is 31.3. The maximum atomic E-state index is 13.4. The summed E-state index contributed by atoms with van der Waals surface area (Å²) in [5.74, 6) is 0.383. The van der Waals surface area contributed by atoms with E-state index in [0.717, 1.165) is 23.2 Å². The first-order valence-corrected chi connectivity index (χ1v) is 10.3. The Morgan fingerprint density at radius 1 is 0.967 bits per heavy atom. The van der Waals surface area contributed by atoms with Crippen molar-refractivity contribution in [1.82, 2.24) is 18.7 Å². The van der Waals surface area contributed by atoms with Crippen molar-refractivity contribution in [2.24, 2.45) is 5.92 Å². The molecule has 30 heavy (non-hydrogen) atoms. The third-order valence-corrected chi connectivity index (χ3v) is 5.38. The number of aryl methyl sites for hydroxylation is 1. The van der Waals surface area contributed by atoms with Crippen molar-refractivity contribution in [2.45, 2.75) is 40.3 Å². The van der Waals surface area contributed by atoms with Crippen LogP contribution < -0.4 is 11.2 Å². The Hall–Kier alpha value is -3.41. The van der Waals surface area contributed by atoms with Crippen molar-refractivity contribution < 1.29 is 0 Å². The van der Waals surface area contributed by atoms with Crippen LogP contribution in [0.2, 0.25) is 0 Å².